The number of nitrogens with one attached hydrogen (secondary N) is 1. The Labute approximate surface area is 166 Å². The highest BCUT2D eigenvalue weighted by Crippen LogP contribution is 2.25. The second-order valence-corrected chi connectivity index (χ2v) is 6.87. The molecule has 0 aliphatic rings. The first-order valence-corrected chi connectivity index (χ1v) is 9.50. The van der Waals surface area contributed by atoms with E-state index in [9.17, 15) is 14.0 Å². The molecule has 2 rings (SSSR count). The molecule has 6 heteroatoms. The number of carbonyl (C=O) groups is 2. The second-order valence-electron chi connectivity index (χ2n) is 6.87. The van der Waals surface area contributed by atoms with E-state index in [0.29, 0.717) is 25.2 Å². The Morgan fingerprint density at radius 1 is 1.07 bits per heavy atom. The lowest BCUT2D eigenvalue weighted by atomic mass is 10.1. The van der Waals surface area contributed by atoms with Gasteiger partial charge in [-0.1, -0.05) is 19.9 Å². The minimum Gasteiger partial charge on any atom is -0.377 e. The van der Waals surface area contributed by atoms with Gasteiger partial charge in [0.25, 0.3) is 5.91 Å². The fraction of sp³-hybridized carbons (Fsp3) is 0.364. The largest absolute Gasteiger partial charge is 0.377 e. The van der Waals surface area contributed by atoms with Crippen LogP contribution in [0.25, 0.3) is 0 Å². The van der Waals surface area contributed by atoms with Crippen LogP contribution >= 0.6 is 0 Å². The molecule has 0 saturated heterocycles. The summed E-state index contributed by atoms with van der Waals surface area (Å²) in [7, 11) is 3.88. The van der Waals surface area contributed by atoms with E-state index in [4.69, 9.17) is 0 Å². The van der Waals surface area contributed by atoms with Gasteiger partial charge in [0.15, 0.2) is 0 Å². The zero-order valence-electron chi connectivity index (χ0n) is 17.0. The number of nitrogens with zero attached hydrogens (tertiary/aromatic N) is 2. The fourth-order valence-electron chi connectivity index (χ4n) is 3.05. The average molecular weight is 385 g/mol. The van der Waals surface area contributed by atoms with Crippen LogP contribution in [0.3, 0.4) is 0 Å². The van der Waals surface area contributed by atoms with E-state index in [1.165, 1.54) is 18.2 Å². The van der Waals surface area contributed by atoms with Gasteiger partial charge in [-0.3, -0.25) is 9.59 Å². The molecule has 0 spiro atoms. The number of carbonyl (C=O) groups excluding carboxylic acids is 2. The first-order valence-electron chi connectivity index (χ1n) is 9.50. The van der Waals surface area contributed by atoms with Gasteiger partial charge in [-0.25, -0.2) is 4.39 Å². The predicted molar refractivity (Wildman–Crippen MR) is 111 cm³/mol. The number of rotatable bonds is 8. The number of anilines is 2. The summed E-state index contributed by atoms with van der Waals surface area (Å²) in [6.07, 6.45) is 1.33. The first kappa shape index (κ1) is 21.4. The summed E-state index contributed by atoms with van der Waals surface area (Å²) in [6.45, 7) is 5.04. The SMILES string of the molecule is CCCN(Cc1cc(NC(=O)c2cccc(F)c2)ccc1N(C)C)C(=O)CC. The average Bonchev–Trinajstić information content (AvgIpc) is 2.67. The Kier molecular flexibility index (Phi) is 7.55. The van der Waals surface area contributed by atoms with Crippen molar-refractivity contribution in [3.05, 3.63) is 59.4 Å². The first-order chi connectivity index (χ1) is 13.3. The van der Waals surface area contributed by atoms with Crippen molar-refractivity contribution in [1.82, 2.24) is 4.90 Å². The van der Waals surface area contributed by atoms with Crippen LogP contribution in [-0.4, -0.2) is 37.4 Å². The van der Waals surface area contributed by atoms with Crippen LogP contribution in [0.4, 0.5) is 15.8 Å². The lowest BCUT2D eigenvalue weighted by Gasteiger charge is -2.26. The number of amides is 2. The Bertz CT molecular complexity index is 836. The van der Waals surface area contributed by atoms with Gasteiger partial charge in [-0.15, -0.1) is 0 Å². The highest BCUT2D eigenvalue weighted by Gasteiger charge is 2.16. The van der Waals surface area contributed by atoms with Gasteiger partial charge in [0.1, 0.15) is 5.82 Å². The standard InChI is InChI=1S/C22H28FN3O2/c1-5-12-26(21(27)6-2)15-17-14-19(10-11-20(17)25(3)4)24-22(28)16-8-7-9-18(23)13-16/h7-11,13-14H,5-6,12,15H2,1-4H3,(H,24,28). The fourth-order valence-corrected chi connectivity index (χ4v) is 3.05. The topological polar surface area (TPSA) is 52.7 Å². The Morgan fingerprint density at radius 2 is 1.82 bits per heavy atom. The van der Waals surface area contributed by atoms with E-state index < -0.39 is 5.82 Å². The summed E-state index contributed by atoms with van der Waals surface area (Å²) in [5.41, 5.74) is 2.79. The maximum absolute atomic E-state index is 13.4. The molecular weight excluding hydrogens is 357 g/mol. The molecule has 0 aliphatic carbocycles. The highest BCUT2D eigenvalue weighted by molar-refractivity contribution is 6.04. The van der Waals surface area contributed by atoms with Gasteiger partial charge in [0.05, 0.1) is 0 Å². The predicted octanol–water partition coefficient (Wildman–Crippen LogP) is 4.29. The minimum atomic E-state index is -0.454. The van der Waals surface area contributed by atoms with E-state index in [-0.39, 0.29) is 17.4 Å². The van der Waals surface area contributed by atoms with Crippen molar-refractivity contribution in [2.75, 3.05) is 30.9 Å². The lowest BCUT2D eigenvalue weighted by Crippen LogP contribution is -2.31. The van der Waals surface area contributed by atoms with Crippen LogP contribution in [0.1, 0.15) is 42.6 Å². The molecule has 0 atom stereocenters. The molecule has 28 heavy (non-hydrogen) atoms. The summed E-state index contributed by atoms with van der Waals surface area (Å²) in [6, 6.07) is 11.2. The number of halogens is 1. The third kappa shape index (κ3) is 5.55. The van der Waals surface area contributed by atoms with Gasteiger partial charge >= 0.3 is 0 Å². The molecule has 1 N–H and O–H groups in total. The molecule has 0 heterocycles. The van der Waals surface area contributed by atoms with Crippen LogP contribution < -0.4 is 10.2 Å². The third-order valence-corrected chi connectivity index (χ3v) is 4.42. The summed E-state index contributed by atoms with van der Waals surface area (Å²) in [5.74, 6) is -0.733. The van der Waals surface area contributed by atoms with Crippen LogP contribution in [0.2, 0.25) is 0 Å². The molecule has 2 amide bonds. The number of hydrogen-bond acceptors (Lipinski definition) is 3. The Morgan fingerprint density at radius 3 is 2.43 bits per heavy atom. The quantitative estimate of drug-likeness (QED) is 0.737. The van der Waals surface area contributed by atoms with Crippen LogP contribution in [0.15, 0.2) is 42.5 Å². The molecular formula is C22H28FN3O2. The van der Waals surface area contributed by atoms with E-state index in [2.05, 4.69) is 5.32 Å². The minimum absolute atomic E-state index is 0.0979. The van der Waals surface area contributed by atoms with Gasteiger partial charge in [0.2, 0.25) is 5.91 Å². The lowest BCUT2D eigenvalue weighted by molar-refractivity contribution is -0.131. The second kappa shape index (κ2) is 9.88. The number of hydrogen-bond donors (Lipinski definition) is 1. The number of benzene rings is 2. The molecule has 5 nitrogen and oxygen atoms in total. The third-order valence-electron chi connectivity index (χ3n) is 4.42. The van der Waals surface area contributed by atoms with Crippen molar-refractivity contribution in [3.63, 3.8) is 0 Å². The van der Waals surface area contributed by atoms with E-state index >= 15 is 0 Å². The maximum Gasteiger partial charge on any atom is 0.255 e. The van der Waals surface area contributed by atoms with Crippen molar-refractivity contribution < 1.29 is 14.0 Å². The van der Waals surface area contributed by atoms with Crippen LogP contribution in [-0.2, 0) is 11.3 Å². The molecule has 0 saturated carbocycles. The summed E-state index contributed by atoms with van der Waals surface area (Å²) in [4.78, 5) is 28.5. The molecule has 0 bridgehead atoms. The van der Waals surface area contributed by atoms with Crippen LogP contribution in [0, 0.1) is 5.82 Å². The molecule has 0 radical (unpaired) electrons. The highest BCUT2D eigenvalue weighted by atomic mass is 19.1. The van der Waals surface area contributed by atoms with Gasteiger partial charge in [-0.2, -0.15) is 0 Å². The Hall–Kier alpha value is -2.89. The zero-order chi connectivity index (χ0) is 20.7. The van der Waals surface area contributed by atoms with Gasteiger partial charge in [-0.05, 0) is 48.4 Å². The van der Waals surface area contributed by atoms with Gasteiger partial charge in [0, 0.05) is 50.5 Å². The van der Waals surface area contributed by atoms with Crippen molar-refractivity contribution in [2.45, 2.75) is 33.2 Å². The monoisotopic (exact) mass is 385 g/mol. The van der Waals surface area contributed by atoms with Crippen LogP contribution in [0.5, 0.6) is 0 Å². The summed E-state index contributed by atoms with van der Waals surface area (Å²) < 4.78 is 13.4. The van der Waals surface area contributed by atoms with Crippen molar-refractivity contribution in [3.8, 4) is 0 Å². The molecule has 0 unspecified atom stereocenters. The van der Waals surface area contributed by atoms with E-state index in [1.807, 2.05) is 55.9 Å². The van der Waals surface area contributed by atoms with Gasteiger partial charge < -0.3 is 15.1 Å². The Balaban J connectivity index is 2.29. The van der Waals surface area contributed by atoms with E-state index in [1.54, 1.807) is 6.07 Å². The van der Waals surface area contributed by atoms with Crippen molar-refractivity contribution in [2.24, 2.45) is 0 Å². The molecule has 150 valence electrons. The zero-order valence-corrected chi connectivity index (χ0v) is 17.0. The summed E-state index contributed by atoms with van der Waals surface area (Å²) >= 11 is 0. The smallest absolute Gasteiger partial charge is 0.255 e. The molecule has 2 aromatic carbocycles. The molecule has 0 fully saturated rings. The molecule has 0 aliphatic heterocycles. The molecule has 0 aromatic heterocycles. The maximum atomic E-state index is 13.4. The van der Waals surface area contributed by atoms with Crippen molar-refractivity contribution >= 4 is 23.2 Å². The summed E-state index contributed by atoms with van der Waals surface area (Å²) in [5, 5.41) is 2.81. The van der Waals surface area contributed by atoms with E-state index in [0.717, 1.165) is 17.7 Å². The van der Waals surface area contributed by atoms with Crippen molar-refractivity contribution in [1.29, 1.82) is 0 Å². The normalized spacial score (nSPS) is 10.5. The molecule has 2 aromatic rings.